The molecule has 386 valence electrons. The molecule has 8 N–H and O–H groups in total. The van der Waals surface area contributed by atoms with Crippen LogP contribution < -0.4 is 50.9 Å². The Morgan fingerprint density at radius 1 is 0.639 bits per heavy atom. The van der Waals surface area contributed by atoms with E-state index in [0.29, 0.717) is 34.1 Å². The predicted octanol–water partition coefficient (Wildman–Crippen LogP) is 1.89. The molecule has 9 rings (SSSR count). The highest BCUT2D eigenvalue weighted by atomic mass is 127. The number of nitrogens with one attached hydrogen (secondary N) is 2. The highest BCUT2D eigenvalue weighted by Crippen LogP contribution is 2.31. The third kappa shape index (κ3) is 15.9. The second-order valence-electron chi connectivity index (χ2n) is 14.4. The highest BCUT2D eigenvalue weighted by molar-refractivity contribution is 7.98. The number of pyridine rings is 5. The topological polar surface area (TPSA) is 353 Å². The van der Waals surface area contributed by atoms with Crippen molar-refractivity contribution in [2.45, 2.75) is 36.1 Å². The van der Waals surface area contributed by atoms with E-state index in [1.807, 2.05) is 42.6 Å². The number of rotatable bonds is 11. The number of hydrogen-bond acceptors (Lipinski definition) is 19. The van der Waals surface area contributed by atoms with Crippen molar-refractivity contribution < 1.29 is 62.1 Å². The van der Waals surface area contributed by atoms with Gasteiger partial charge in [0.1, 0.15) is 22.2 Å². The predicted molar refractivity (Wildman–Crippen MR) is 272 cm³/mol. The van der Waals surface area contributed by atoms with Gasteiger partial charge in [-0.15, -0.1) is 51.9 Å². The van der Waals surface area contributed by atoms with Gasteiger partial charge in [0, 0.05) is 56.3 Å². The number of nitrogens with zero attached hydrogens (tertiary/aromatic N) is 12. The van der Waals surface area contributed by atoms with Crippen molar-refractivity contribution in [3.8, 4) is 0 Å². The number of sulfone groups is 1. The minimum Gasteiger partial charge on any atom is -1.00 e. The molecule has 72 heavy (non-hydrogen) atoms. The monoisotopic (exact) mass is 1190 g/mol. The van der Waals surface area contributed by atoms with Crippen LogP contribution in [0.2, 0.25) is 0 Å². The molecule has 0 aromatic carbocycles. The van der Waals surface area contributed by atoms with E-state index in [9.17, 15) is 38.8 Å². The Bertz CT molecular complexity index is 3320. The molecule has 0 aliphatic heterocycles. The number of aliphatic hydroxyl groups is 2. The average Bonchev–Trinajstić information content (AvgIpc) is 4.09. The molecule has 9 aromatic rings. The van der Waals surface area contributed by atoms with Gasteiger partial charge < -0.3 is 50.6 Å². The number of halogens is 3. The standard InChI is InChI=1S/C10H12N4O3.C10H14N4O.C8H7N3O4S.C8H7N3O2S.C5H7N2.2ClH.HI/c1-7(15)6-11-10-9(14(16)17)8-4-2-3-5-13(8)12-10;1-7(15)6-12-10-9(11)8-4-2-3-5-14(8)13-10;1-16(14,15)8-7(11(12)13)6-4-2-3-5-10(6)9-8;1-14-8-7(11(12)13)6-4-2-3-5-10(6)9-8;6-7-4-2-1-3-5-7;;;/h2-5,7,15H,6H2,1H3,(H,11,12);2-5,7,15H,6,11H2,1H3,(H,12,13);2-5H,1H3;2-5H,1H3;1-5H,6H2;3*1H/q;;;;+1;;;/p-1. The minimum absolute atomic E-state index is 0. The molecular weight excluding hydrogens is 1140 g/mol. The molecule has 26 nitrogen and oxygen atoms in total. The van der Waals surface area contributed by atoms with Gasteiger partial charge in [-0.05, 0) is 68.6 Å². The first-order valence-corrected chi connectivity index (χ1v) is 23.3. The van der Waals surface area contributed by atoms with Gasteiger partial charge >= 0.3 is 17.1 Å². The normalized spacial score (nSPS) is 11.2. The van der Waals surface area contributed by atoms with Crippen LogP contribution in [0.25, 0.3) is 22.1 Å². The van der Waals surface area contributed by atoms with Crippen molar-refractivity contribution in [2.24, 2.45) is 0 Å². The Labute approximate surface area is 443 Å². The summed E-state index contributed by atoms with van der Waals surface area (Å²) in [5, 5.41) is 72.7. The number of anilines is 3. The lowest BCUT2D eigenvalue weighted by atomic mass is 10.3. The molecule has 0 saturated carbocycles. The molecule has 0 saturated heterocycles. The van der Waals surface area contributed by atoms with Crippen LogP contribution >= 0.6 is 36.6 Å². The molecule has 0 aliphatic carbocycles. The van der Waals surface area contributed by atoms with E-state index in [1.54, 1.807) is 97.9 Å². The molecule has 2 unspecified atom stereocenters. The fourth-order valence-electron chi connectivity index (χ4n) is 5.99. The lowest BCUT2D eigenvalue weighted by molar-refractivity contribution is -0.638. The van der Waals surface area contributed by atoms with E-state index in [1.165, 1.54) is 42.2 Å². The van der Waals surface area contributed by atoms with Crippen molar-refractivity contribution in [3.05, 3.63) is 159 Å². The van der Waals surface area contributed by atoms with E-state index in [-0.39, 0.29) is 78.0 Å². The zero-order valence-corrected chi connectivity index (χ0v) is 43.8. The van der Waals surface area contributed by atoms with Crippen LogP contribution in [-0.4, -0.2) is 110 Å². The Kier molecular flexibility index (Phi) is 23.7. The van der Waals surface area contributed by atoms with Gasteiger partial charge in [-0.25, -0.2) is 32.3 Å². The Morgan fingerprint density at radius 2 is 1.03 bits per heavy atom. The summed E-state index contributed by atoms with van der Waals surface area (Å²) in [5.74, 6) is 6.06. The Balaban J connectivity index is 0.000000311. The fraction of sp³-hybridized carbons (Fsp3) is 0.195. The van der Waals surface area contributed by atoms with Crippen molar-refractivity contribution >= 4 is 103 Å². The van der Waals surface area contributed by atoms with Crippen molar-refractivity contribution in [2.75, 3.05) is 47.8 Å². The van der Waals surface area contributed by atoms with Crippen LogP contribution in [-0.2, 0) is 9.84 Å². The van der Waals surface area contributed by atoms with Gasteiger partial charge in [0.2, 0.25) is 15.7 Å². The van der Waals surface area contributed by atoms with Gasteiger partial charge in [0.15, 0.2) is 23.2 Å². The second kappa shape index (κ2) is 28.0. The van der Waals surface area contributed by atoms with Crippen LogP contribution in [0.4, 0.5) is 34.4 Å². The maximum absolute atomic E-state index is 11.3. The van der Waals surface area contributed by atoms with E-state index < -0.39 is 47.5 Å². The Morgan fingerprint density at radius 3 is 1.43 bits per heavy atom. The fourth-order valence-corrected chi connectivity index (χ4v) is 7.30. The van der Waals surface area contributed by atoms with Crippen LogP contribution in [0.5, 0.6) is 0 Å². The number of aromatic nitrogens is 9. The third-order valence-electron chi connectivity index (χ3n) is 9.02. The van der Waals surface area contributed by atoms with Crippen molar-refractivity contribution in [1.82, 2.24) is 38.5 Å². The number of aliphatic hydroxyl groups excluding tert-OH is 2. The molecule has 0 fully saturated rings. The first-order valence-electron chi connectivity index (χ1n) is 20.2. The van der Waals surface area contributed by atoms with Gasteiger partial charge in [-0.2, -0.15) is 5.10 Å². The van der Waals surface area contributed by atoms with Gasteiger partial charge in [-0.3, -0.25) is 30.3 Å². The first-order chi connectivity index (χ1) is 32.8. The molecule has 0 spiro atoms. The average molecular weight is 1190 g/mol. The van der Waals surface area contributed by atoms with Gasteiger partial charge in [0.05, 0.1) is 32.5 Å². The SMILES string of the molecule is CC(O)CNc1nn2ccccc2c1N.CC(O)CNc1nn2ccccc2c1[N+](=O)[O-].CS(=O)(=O)c1nn2ccccc2c1[N+](=O)[O-].CSc1nn2ccccc2c1[N+](=O)[O-].Cl.Cl.N[n+]1ccccc1.[I-]. The zero-order chi connectivity index (χ0) is 50.4. The second-order valence-corrected chi connectivity index (χ2v) is 17.1. The molecule has 0 radical (unpaired) electrons. The lowest BCUT2D eigenvalue weighted by Crippen LogP contribution is -3.00. The zero-order valence-electron chi connectivity index (χ0n) is 38.4. The molecule has 9 heterocycles. The largest absolute Gasteiger partial charge is 1.00 e. The van der Waals surface area contributed by atoms with Crippen LogP contribution in [0, 0.1) is 30.3 Å². The van der Waals surface area contributed by atoms with E-state index in [4.69, 9.17) is 21.8 Å². The van der Waals surface area contributed by atoms with E-state index >= 15 is 0 Å². The summed E-state index contributed by atoms with van der Waals surface area (Å²) in [6.45, 7) is 3.95. The van der Waals surface area contributed by atoms with Crippen LogP contribution in [0.1, 0.15) is 13.8 Å². The summed E-state index contributed by atoms with van der Waals surface area (Å²) in [4.78, 5) is 31.0. The smallest absolute Gasteiger partial charge is 0.338 e. The molecular formula is C41H49Cl2IN16O10S2. The maximum atomic E-state index is 11.3. The minimum atomic E-state index is -3.71. The number of nitrogens with two attached hydrogens (primary N) is 2. The maximum Gasteiger partial charge on any atom is 0.338 e. The number of thioether (sulfide) groups is 1. The quantitative estimate of drug-likeness (QED) is 0.0269. The third-order valence-corrected chi connectivity index (χ3v) is 10.7. The molecule has 31 heteroatoms. The van der Waals surface area contributed by atoms with Crippen LogP contribution in [0.3, 0.4) is 0 Å². The van der Waals surface area contributed by atoms with Gasteiger partial charge in [-0.1, -0.05) is 35.0 Å². The molecule has 0 aliphatic rings. The number of nitrogen functional groups attached to an aromatic ring is 2. The summed E-state index contributed by atoms with van der Waals surface area (Å²) in [6, 6.07) is 26.3. The summed E-state index contributed by atoms with van der Waals surface area (Å²) < 4.78 is 30.0. The summed E-state index contributed by atoms with van der Waals surface area (Å²) in [7, 11) is -3.71. The number of nitro groups is 3. The highest BCUT2D eigenvalue weighted by Gasteiger charge is 2.30. The molecule has 0 bridgehead atoms. The first kappa shape index (κ1) is 61.0. The molecule has 0 amide bonds. The van der Waals surface area contributed by atoms with Crippen molar-refractivity contribution in [3.63, 3.8) is 0 Å². The molecule has 9 aromatic heterocycles. The Hall–Kier alpha value is -7.16. The summed E-state index contributed by atoms with van der Waals surface area (Å²) >= 11 is 1.28. The number of hydrogen-bond donors (Lipinski definition) is 6. The summed E-state index contributed by atoms with van der Waals surface area (Å²) in [5.41, 5.74) is 8.00. The van der Waals surface area contributed by atoms with Gasteiger partial charge in [0.25, 0.3) is 5.03 Å². The molecule has 2 atom stereocenters. The lowest BCUT2D eigenvalue weighted by Gasteiger charge is -2.05. The van der Waals surface area contributed by atoms with E-state index in [2.05, 4.69) is 31.0 Å². The number of fused-ring (bicyclic) bond motifs is 4. The van der Waals surface area contributed by atoms with Crippen molar-refractivity contribution in [1.29, 1.82) is 0 Å². The summed E-state index contributed by atoms with van der Waals surface area (Å²) in [6.07, 6.45) is 11.8. The van der Waals surface area contributed by atoms with E-state index in [0.717, 1.165) is 11.8 Å². The van der Waals surface area contributed by atoms with Crippen LogP contribution in [0.15, 0.2) is 138 Å².